The second-order valence-electron chi connectivity index (χ2n) is 4.04. The maximum atomic E-state index is 11.7. The average Bonchev–Trinajstić information content (AvgIpc) is 2.30. The molecule has 0 aliphatic rings. The van der Waals surface area contributed by atoms with Crippen LogP contribution in [0.25, 0.3) is 0 Å². The summed E-state index contributed by atoms with van der Waals surface area (Å²) in [6, 6.07) is 4.50. The molecule has 0 aliphatic carbocycles. The number of amides is 1. The highest BCUT2D eigenvalue weighted by Crippen LogP contribution is 2.20. The van der Waals surface area contributed by atoms with Crippen LogP contribution < -0.4 is 11.1 Å². The van der Waals surface area contributed by atoms with Crippen molar-refractivity contribution in [3.05, 3.63) is 23.8 Å². The van der Waals surface area contributed by atoms with Crippen molar-refractivity contribution in [2.45, 2.75) is 6.92 Å². The van der Waals surface area contributed by atoms with Crippen molar-refractivity contribution in [2.75, 3.05) is 24.3 Å². The Kier molecular flexibility index (Phi) is 5.15. The molecule has 1 aromatic rings. The molecule has 1 rings (SSSR count). The lowest BCUT2D eigenvalue weighted by Gasteiger charge is -2.11. The third kappa shape index (κ3) is 4.19. The third-order valence-electron chi connectivity index (χ3n) is 2.35. The number of thioether (sulfide) groups is 1. The Labute approximate surface area is 106 Å². The van der Waals surface area contributed by atoms with E-state index in [2.05, 4.69) is 12.2 Å². The lowest BCUT2D eigenvalue weighted by molar-refractivity contribution is 0.0949. The fourth-order valence-corrected chi connectivity index (χ4v) is 2.08. The first-order valence-corrected chi connectivity index (χ1v) is 6.79. The zero-order valence-corrected chi connectivity index (χ0v) is 10.9. The highest BCUT2D eigenvalue weighted by atomic mass is 32.2. The van der Waals surface area contributed by atoms with Crippen LogP contribution in [0.1, 0.15) is 17.3 Å². The molecule has 4 N–H and O–H groups in total. The number of phenolic OH excluding ortho intramolecular Hbond substituents is 1. The van der Waals surface area contributed by atoms with E-state index in [1.54, 1.807) is 17.8 Å². The second-order valence-corrected chi connectivity index (χ2v) is 4.95. The quantitative estimate of drug-likeness (QED) is 0.552. The van der Waals surface area contributed by atoms with E-state index < -0.39 is 0 Å². The summed E-state index contributed by atoms with van der Waals surface area (Å²) in [6.07, 6.45) is 2.04. The fraction of sp³-hybridized carbons (Fsp3) is 0.417. The molecule has 0 heterocycles. The average molecular weight is 254 g/mol. The third-order valence-corrected chi connectivity index (χ3v) is 3.26. The van der Waals surface area contributed by atoms with Gasteiger partial charge < -0.3 is 16.2 Å². The van der Waals surface area contributed by atoms with Gasteiger partial charge in [0.05, 0.1) is 5.69 Å². The van der Waals surface area contributed by atoms with E-state index in [0.717, 1.165) is 5.75 Å². The number of carbonyl (C=O) groups is 1. The predicted molar refractivity (Wildman–Crippen MR) is 72.4 cm³/mol. The number of rotatable bonds is 5. The molecular formula is C12H18N2O2S. The zero-order valence-electron chi connectivity index (χ0n) is 10.1. The molecule has 0 bridgehead atoms. The highest BCUT2D eigenvalue weighted by Gasteiger charge is 2.09. The SMILES string of the molecule is CSCC(C)CNC(=O)c1ccc(N)c(O)c1. The van der Waals surface area contributed by atoms with E-state index in [1.807, 2.05) is 6.26 Å². The Balaban J connectivity index is 2.55. The van der Waals surface area contributed by atoms with E-state index >= 15 is 0 Å². The van der Waals surface area contributed by atoms with Crippen LogP contribution >= 0.6 is 11.8 Å². The van der Waals surface area contributed by atoms with Gasteiger partial charge in [-0.2, -0.15) is 11.8 Å². The summed E-state index contributed by atoms with van der Waals surface area (Å²) in [5.74, 6) is 1.19. The van der Waals surface area contributed by atoms with Crippen molar-refractivity contribution in [3.8, 4) is 5.75 Å². The molecule has 0 aliphatic heterocycles. The number of nitrogens with one attached hydrogen (secondary N) is 1. The zero-order chi connectivity index (χ0) is 12.8. The van der Waals surface area contributed by atoms with Gasteiger partial charge in [-0.25, -0.2) is 0 Å². The van der Waals surface area contributed by atoms with Crippen molar-refractivity contribution in [2.24, 2.45) is 5.92 Å². The molecule has 0 saturated carbocycles. The van der Waals surface area contributed by atoms with Gasteiger partial charge in [-0.3, -0.25) is 4.79 Å². The van der Waals surface area contributed by atoms with Gasteiger partial charge in [-0.15, -0.1) is 0 Å². The van der Waals surface area contributed by atoms with Gasteiger partial charge in [-0.1, -0.05) is 6.92 Å². The standard InChI is InChI=1S/C12H18N2O2S/c1-8(7-17-2)6-14-12(16)9-3-4-10(13)11(15)5-9/h3-5,8,15H,6-7,13H2,1-2H3,(H,14,16). The minimum absolute atomic E-state index is 0.0604. The summed E-state index contributed by atoms with van der Waals surface area (Å²) in [6.45, 7) is 2.71. The molecule has 1 atom stereocenters. The van der Waals surface area contributed by atoms with Gasteiger partial charge in [0.15, 0.2) is 0 Å². The summed E-state index contributed by atoms with van der Waals surface area (Å²) in [4.78, 5) is 11.7. The molecule has 4 nitrogen and oxygen atoms in total. The number of carbonyl (C=O) groups excluding carboxylic acids is 1. The molecule has 17 heavy (non-hydrogen) atoms. The van der Waals surface area contributed by atoms with Crippen LogP contribution in [-0.4, -0.2) is 29.6 Å². The van der Waals surface area contributed by atoms with Crippen LogP contribution in [0.4, 0.5) is 5.69 Å². The summed E-state index contributed by atoms with van der Waals surface area (Å²) >= 11 is 1.75. The van der Waals surface area contributed by atoms with Crippen molar-refractivity contribution in [1.82, 2.24) is 5.32 Å². The highest BCUT2D eigenvalue weighted by molar-refractivity contribution is 7.98. The van der Waals surface area contributed by atoms with E-state index in [1.165, 1.54) is 12.1 Å². The van der Waals surface area contributed by atoms with Crippen molar-refractivity contribution >= 4 is 23.4 Å². The fourth-order valence-electron chi connectivity index (χ4n) is 1.40. The summed E-state index contributed by atoms with van der Waals surface area (Å²) in [5.41, 5.74) is 6.17. The summed E-state index contributed by atoms with van der Waals surface area (Å²) in [5, 5.41) is 12.2. The maximum Gasteiger partial charge on any atom is 0.251 e. The van der Waals surface area contributed by atoms with E-state index in [0.29, 0.717) is 18.0 Å². The smallest absolute Gasteiger partial charge is 0.251 e. The Morgan fingerprint density at radius 2 is 2.29 bits per heavy atom. The number of benzene rings is 1. The largest absolute Gasteiger partial charge is 0.506 e. The second kappa shape index (κ2) is 6.39. The predicted octanol–water partition coefficient (Wildman–Crippen LogP) is 1.70. The molecule has 0 saturated heterocycles. The molecule has 1 amide bonds. The number of aromatic hydroxyl groups is 1. The molecule has 0 fully saturated rings. The summed E-state index contributed by atoms with van der Waals surface area (Å²) in [7, 11) is 0. The van der Waals surface area contributed by atoms with E-state index in [-0.39, 0.29) is 17.3 Å². The Morgan fingerprint density at radius 3 is 2.88 bits per heavy atom. The minimum atomic E-state index is -0.187. The number of nitrogens with two attached hydrogens (primary N) is 1. The van der Waals surface area contributed by atoms with Gasteiger partial charge >= 0.3 is 0 Å². The lowest BCUT2D eigenvalue weighted by Crippen LogP contribution is -2.29. The first kappa shape index (κ1) is 13.7. The number of anilines is 1. The normalized spacial score (nSPS) is 12.1. The van der Waals surface area contributed by atoms with Gasteiger partial charge in [-0.05, 0) is 36.1 Å². The topological polar surface area (TPSA) is 75.4 Å². The molecule has 1 aromatic carbocycles. The van der Waals surface area contributed by atoms with Crippen molar-refractivity contribution < 1.29 is 9.90 Å². The van der Waals surface area contributed by atoms with Crippen LogP contribution in [-0.2, 0) is 0 Å². The molecule has 5 heteroatoms. The van der Waals surface area contributed by atoms with Crippen LogP contribution in [0, 0.1) is 5.92 Å². The van der Waals surface area contributed by atoms with Crippen LogP contribution in [0.2, 0.25) is 0 Å². The molecule has 1 unspecified atom stereocenters. The first-order valence-electron chi connectivity index (χ1n) is 5.40. The number of phenols is 1. The number of hydrogen-bond acceptors (Lipinski definition) is 4. The Bertz CT molecular complexity index is 396. The lowest BCUT2D eigenvalue weighted by atomic mass is 10.1. The summed E-state index contributed by atoms with van der Waals surface area (Å²) < 4.78 is 0. The Hall–Kier alpha value is -1.36. The van der Waals surface area contributed by atoms with Crippen LogP contribution in [0.3, 0.4) is 0 Å². The number of hydrogen-bond donors (Lipinski definition) is 3. The monoisotopic (exact) mass is 254 g/mol. The maximum absolute atomic E-state index is 11.7. The van der Waals surface area contributed by atoms with Gasteiger partial charge in [0.1, 0.15) is 5.75 Å². The van der Waals surface area contributed by atoms with E-state index in [9.17, 15) is 9.90 Å². The van der Waals surface area contributed by atoms with Crippen LogP contribution in [0.15, 0.2) is 18.2 Å². The van der Waals surface area contributed by atoms with Gasteiger partial charge in [0.25, 0.3) is 5.91 Å². The molecule has 94 valence electrons. The first-order chi connectivity index (χ1) is 8.04. The van der Waals surface area contributed by atoms with E-state index in [4.69, 9.17) is 5.73 Å². The van der Waals surface area contributed by atoms with Crippen molar-refractivity contribution in [3.63, 3.8) is 0 Å². The molecular weight excluding hydrogens is 236 g/mol. The number of nitrogen functional groups attached to an aromatic ring is 1. The Morgan fingerprint density at radius 1 is 1.59 bits per heavy atom. The van der Waals surface area contributed by atoms with Crippen LogP contribution in [0.5, 0.6) is 5.75 Å². The molecule has 0 radical (unpaired) electrons. The van der Waals surface area contributed by atoms with Gasteiger partial charge in [0.2, 0.25) is 0 Å². The molecule has 0 spiro atoms. The van der Waals surface area contributed by atoms with Crippen molar-refractivity contribution in [1.29, 1.82) is 0 Å². The van der Waals surface area contributed by atoms with Gasteiger partial charge in [0, 0.05) is 12.1 Å². The minimum Gasteiger partial charge on any atom is -0.506 e. The molecule has 0 aromatic heterocycles.